The Morgan fingerprint density at radius 3 is 2.62 bits per heavy atom. The minimum atomic E-state index is 0.225. The van der Waals surface area contributed by atoms with Crippen LogP contribution in [0.25, 0.3) is 0 Å². The average molecular weight is 307 g/mol. The summed E-state index contributed by atoms with van der Waals surface area (Å²) in [7, 11) is 0. The summed E-state index contributed by atoms with van der Waals surface area (Å²) in [5.74, 6) is 0.731. The highest BCUT2D eigenvalue weighted by Crippen LogP contribution is 2.34. The molecule has 21 heavy (non-hydrogen) atoms. The second-order valence-corrected chi connectivity index (χ2v) is 9.39. The van der Waals surface area contributed by atoms with Gasteiger partial charge in [0, 0.05) is 23.5 Å². The number of pyridine rings is 1. The van der Waals surface area contributed by atoms with Gasteiger partial charge < -0.3 is 0 Å². The highest BCUT2D eigenvalue weighted by molar-refractivity contribution is 8.00. The average Bonchev–Trinajstić information content (AvgIpc) is 2.38. The second-order valence-electron chi connectivity index (χ2n) is 7.54. The molecule has 1 aromatic heterocycles. The molecule has 2 rings (SSSR count). The van der Waals surface area contributed by atoms with Crippen molar-refractivity contribution in [1.29, 1.82) is 0 Å². The number of likely N-dealkylation sites (tertiary alicyclic amines) is 1. The number of hydrogen-bond donors (Lipinski definition) is 0. The maximum absolute atomic E-state index is 4.69. The van der Waals surface area contributed by atoms with Crippen LogP contribution in [-0.4, -0.2) is 27.7 Å². The Kier molecular flexibility index (Phi) is 5.73. The quantitative estimate of drug-likeness (QED) is 0.715. The fraction of sp³-hybridized carbons (Fsp3) is 0.722. The van der Waals surface area contributed by atoms with Crippen molar-refractivity contribution in [3.05, 3.63) is 23.9 Å². The highest BCUT2D eigenvalue weighted by atomic mass is 32.2. The van der Waals surface area contributed by atoms with Crippen LogP contribution in [0.4, 0.5) is 0 Å². The van der Waals surface area contributed by atoms with Crippen molar-refractivity contribution in [3.63, 3.8) is 0 Å². The number of rotatable bonds is 4. The standard InChI is InChI=1S/C18H30N2S/c1-14(2)13-20-11-7-6-8-16(20)15-9-10-17(19-12-15)21-18(3,4)5/h9-10,12,14,16H,6-8,11,13H2,1-5H3. The fourth-order valence-electron chi connectivity index (χ4n) is 3.02. The summed E-state index contributed by atoms with van der Waals surface area (Å²) in [6.07, 6.45) is 6.07. The summed E-state index contributed by atoms with van der Waals surface area (Å²) < 4.78 is 0.225. The second kappa shape index (κ2) is 7.15. The number of nitrogens with zero attached hydrogens (tertiary/aromatic N) is 2. The van der Waals surface area contributed by atoms with Crippen LogP contribution >= 0.6 is 11.8 Å². The maximum atomic E-state index is 4.69. The summed E-state index contributed by atoms with van der Waals surface area (Å²) in [5, 5.41) is 1.14. The lowest BCUT2D eigenvalue weighted by atomic mass is 9.95. The first-order chi connectivity index (χ1) is 9.85. The van der Waals surface area contributed by atoms with Gasteiger partial charge in [-0.1, -0.05) is 47.1 Å². The lowest BCUT2D eigenvalue weighted by Crippen LogP contribution is -2.36. The molecule has 0 amide bonds. The smallest absolute Gasteiger partial charge is 0.0965 e. The summed E-state index contributed by atoms with van der Waals surface area (Å²) >= 11 is 1.84. The van der Waals surface area contributed by atoms with Gasteiger partial charge in [-0.15, -0.1) is 11.8 Å². The SMILES string of the molecule is CC(C)CN1CCCCC1c1ccc(SC(C)(C)C)nc1. The number of piperidine rings is 1. The first kappa shape index (κ1) is 16.8. The van der Waals surface area contributed by atoms with Crippen molar-refractivity contribution < 1.29 is 0 Å². The number of thioether (sulfide) groups is 1. The van der Waals surface area contributed by atoms with Crippen LogP contribution in [-0.2, 0) is 0 Å². The van der Waals surface area contributed by atoms with Gasteiger partial charge in [-0.3, -0.25) is 4.90 Å². The molecule has 2 nitrogen and oxygen atoms in total. The van der Waals surface area contributed by atoms with E-state index in [0.29, 0.717) is 6.04 Å². The van der Waals surface area contributed by atoms with Crippen LogP contribution in [0.2, 0.25) is 0 Å². The molecular weight excluding hydrogens is 276 g/mol. The van der Waals surface area contributed by atoms with E-state index < -0.39 is 0 Å². The zero-order valence-electron chi connectivity index (χ0n) is 14.2. The van der Waals surface area contributed by atoms with Gasteiger partial charge in [0.05, 0.1) is 5.03 Å². The first-order valence-electron chi connectivity index (χ1n) is 8.24. The molecule has 2 heterocycles. The van der Waals surface area contributed by atoms with Crippen LogP contribution in [0.5, 0.6) is 0 Å². The monoisotopic (exact) mass is 306 g/mol. The maximum Gasteiger partial charge on any atom is 0.0965 e. The molecule has 118 valence electrons. The molecule has 3 heteroatoms. The third-order valence-corrected chi connectivity index (χ3v) is 4.83. The third kappa shape index (κ3) is 5.30. The molecule has 0 saturated carbocycles. The summed E-state index contributed by atoms with van der Waals surface area (Å²) in [4.78, 5) is 7.34. The Hall–Kier alpha value is -0.540. The van der Waals surface area contributed by atoms with Crippen LogP contribution in [0.1, 0.15) is 65.5 Å². The minimum Gasteiger partial charge on any atom is -0.296 e. The molecule has 1 aliphatic heterocycles. The van der Waals surface area contributed by atoms with Crippen molar-refractivity contribution in [3.8, 4) is 0 Å². The zero-order valence-corrected chi connectivity index (χ0v) is 15.0. The summed E-state index contributed by atoms with van der Waals surface area (Å²) in [5.41, 5.74) is 1.40. The molecule has 1 fully saturated rings. The molecule has 0 aromatic carbocycles. The van der Waals surface area contributed by atoms with Gasteiger partial charge in [0.25, 0.3) is 0 Å². The van der Waals surface area contributed by atoms with Gasteiger partial charge in [-0.25, -0.2) is 4.98 Å². The molecule has 0 N–H and O–H groups in total. The number of hydrogen-bond acceptors (Lipinski definition) is 3. The van der Waals surface area contributed by atoms with Crippen molar-refractivity contribution in [1.82, 2.24) is 9.88 Å². The number of aromatic nitrogens is 1. The zero-order chi connectivity index (χ0) is 15.5. The van der Waals surface area contributed by atoms with E-state index in [9.17, 15) is 0 Å². The van der Waals surface area contributed by atoms with Crippen LogP contribution in [0, 0.1) is 5.92 Å². The van der Waals surface area contributed by atoms with E-state index in [1.165, 1.54) is 37.9 Å². The molecule has 0 spiro atoms. The molecule has 1 saturated heterocycles. The van der Waals surface area contributed by atoms with E-state index in [-0.39, 0.29) is 4.75 Å². The molecule has 1 aromatic rings. The lowest BCUT2D eigenvalue weighted by Gasteiger charge is -2.37. The van der Waals surface area contributed by atoms with E-state index in [2.05, 4.69) is 62.8 Å². The van der Waals surface area contributed by atoms with Gasteiger partial charge in [0.1, 0.15) is 0 Å². The fourth-order valence-corrected chi connectivity index (χ4v) is 3.89. The van der Waals surface area contributed by atoms with Crippen molar-refractivity contribution >= 4 is 11.8 Å². The predicted octanol–water partition coefficient (Wildman–Crippen LogP) is 5.16. The van der Waals surface area contributed by atoms with Crippen molar-refractivity contribution in [2.75, 3.05) is 13.1 Å². The van der Waals surface area contributed by atoms with E-state index in [0.717, 1.165) is 10.9 Å². The Morgan fingerprint density at radius 1 is 1.29 bits per heavy atom. The van der Waals surface area contributed by atoms with E-state index in [1.54, 1.807) is 0 Å². The van der Waals surface area contributed by atoms with Gasteiger partial charge >= 0.3 is 0 Å². The summed E-state index contributed by atoms with van der Waals surface area (Å²) in [6.45, 7) is 13.8. The molecule has 1 atom stereocenters. The topological polar surface area (TPSA) is 16.1 Å². The predicted molar refractivity (Wildman–Crippen MR) is 92.9 cm³/mol. The Bertz CT molecular complexity index is 434. The molecule has 0 radical (unpaired) electrons. The molecule has 0 bridgehead atoms. The van der Waals surface area contributed by atoms with Gasteiger partial charge in [-0.05, 0) is 36.9 Å². The van der Waals surface area contributed by atoms with Crippen LogP contribution in [0.15, 0.2) is 23.4 Å². The van der Waals surface area contributed by atoms with Gasteiger partial charge in [0.2, 0.25) is 0 Å². The van der Waals surface area contributed by atoms with Crippen LogP contribution < -0.4 is 0 Å². The van der Waals surface area contributed by atoms with E-state index in [1.807, 2.05) is 11.8 Å². The van der Waals surface area contributed by atoms with Gasteiger partial charge in [0.15, 0.2) is 0 Å². The highest BCUT2D eigenvalue weighted by Gasteiger charge is 2.24. The Morgan fingerprint density at radius 2 is 2.05 bits per heavy atom. The largest absolute Gasteiger partial charge is 0.296 e. The normalized spacial score (nSPS) is 21.0. The lowest BCUT2D eigenvalue weighted by molar-refractivity contribution is 0.132. The Labute approximate surface area is 134 Å². The van der Waals surface area contributed by atoms with Crippen molar-refractivity contribution in [2.24, 2.45) is 5.92 Å². The van der Waals surface area contributed by atoms with Crippen LogP contribution in [0.3, 0.4) is 0 Å². The minimum absolute atomic E-state index is 0.225. The third-order valence-electron chi connectivity index (χ3n) is 3.77. The van der Waals surface area contributed by atoms with E-state index >= 15 is 0 Å². The van der Waals surface area contributed by atoms with E-state index in [4.69, 9.17) is 0 Å². The molecular formula is C18H30N2S. The molecule has 0 aliphatic carbocycles. The Balaban J connectivity index is 2.08. The first-order valence-corrected chi connectivity index (χ1v) is 9.06. The van der Waals surface area contributed by atoms with Gasteiger partial charge in [-0.2, -0.15) is 0 Å². The van der Waals surface area contributed by atoms with Crippen molar-refractivity contribution in [2.45, 2.75) is 69.7 Å². The summed E-state index contributed by atoms with van der Waals surface area (Å²) in [6, 6.07) is 5.07. The molecule has 1 unspecified atom stereocenters. The molecule has 1 aliphatic rings.